The molecule has 0 fully saturated rings. The fourth-order valence-corrected chi connectivity index (χ4v) is 3.28. The Kier molecular flexibility index (Phi) is 4.95. The van der Waals surface area contributed by atoms with Gasteiger partial charge in [-0.1, -0.05) is 11.2 Å². The third-order valence-corrected chi connectivity index (χ3v) is 4.83. The predicted octanol–water partition coefficient (Wildman–Crippen LogP) is 3.65. The second-order valence-corrected chi connectivity index (χ2v) is 6.81. The van der Waals surface area contributed by atoms with E-state index in [1.165, 1.54) is 5.56 Å². The van der Waals surface area contributed by atoms with Crippen molar-refractivity contribution in [2.24, 2.45) is 0 Å². The number of fused-ring (bicyclic) bond motifs is 1. The third kappa shape index (κ3) is 3.93. The first-order chi connectivity index (χ1) is 14.8. The summed E-state index contributed by atoms with van der Waals surface area (Å²) in [7, 11) is 0. The molecule has 150 valence electrons. The van der Waals surface area contributed by atoms with Crippen LogP contribution in [0.1, 0.15) is 16.8 Å². The number of ether oxygens (including phenoxy) is 2. The van der Waals surface area contributed by atoms with Crippen molar-refractivity contribution >= 4 is 6.01 Å². The van der Waals surface area contributed by atoms with E-state index in [0.717, 1.165) is 41.2 Å². The lowest BCUT2D eigenvalue weighted by Crippen LogP contribution is -1.99. The van der Waals surface area contributed by atoms with Crippen molar-refractivity contribution in [3.8, 4) is 23.0 Å². The van der Waals surface area contributed by atoms with Crippen LogP contribution >= 0.6 is 0 Å². The zero-order valence-electron chi connectivity index (χ0n) is 16.1. The van der Waals surface area contributed by atoms with Gasteiger partial charge in [-0.3, -0.25) is 9.97 Å². The van der Waals surface area contributed by atoms with Crippen LogP contribution in [-0.4, -0.2) is 27.0 Å². The molecular formula is C22H19N5O3. The maximum Gasteiger partial charge on any atom is 0.316 e. The Morgan fingerprint density at radius 1 is 0.867 bits per heavy atom. The molecule has 1 aromatic carbocycles. The number of anilines is 1. The Balaban J connectivity index is 1.27. The minimum atomic E-state index is 0.258. The third-order valence-electron chi connectivity index (χ3n) is 4.83. The fourth-order valence-electron chi connectivity index (χ4n) is 3.28. The Morgan fingerprint density at radius 2 is 1.77 bits per heavy atom. The molecule has 0 saturated carbocycles. The molecule has 5 rings (SSSR count). The quantitative estimate of drug-likeness (QED) is 0.501. The average Bonchev–Trinajstić information content (AvgIpc) is 3.46. The van der Waals surface area contributed by atoms with Crippen LogP contribution in [0.2, 0.25) is 0 Å². The van der Waals surface area contributed by atoms with Gasteiger partial charge < -0.3 is 19.2 Å². The van der Waals surface area contributed by atoms with E-state index in [2.05, 4.69) is 25.5 Å². The van der Waals surface area contributed by atoms with Crippen LogP contribution in [0.25, 0.3) is 11.5 Å². The molecule has 8 nitrogen and oxygen atoms in total. The van der Waals surface area contributed by atoms with Crippen LogP contribution in [0, 0.1) is 0 Å². The SMILES string of the molecule is c1cnc(CCc2ccncc2)c(-c2nnc(NCc3ccc4c(c3)OCO4)o2)c1. The van der Waals surface area contributed by atoms with Crippen LogP contribution in [0.5, 0.6) is 11.5 Å². The van der Waals surface area contributed by atoms with E-state index in [9.17, 15) is 0 Å². The maximum atomic E-state index is 5.84. The molecule has 0 saturated heterocycles. The minimum absolute atomic E-state index is 0.258. The summed E-state index contributed by atoms with van der Waals surface area (Å²) < 4.78 is 16.6. The van der Waals surface area contributed by atoms with Crippen molar-refractivity contribution in [2.45, 2.75) is 19.4 Å². The zero-order chi connectivity index (χ0) is 20.2. The molecule has 4 aromatic rings. The normalized spacial score (nSPS) is 12.1. The first-order valence-electron chi connectivity index (χ1n) is 9.64. The second-order valence-electron chi connectivity index (χ2n) is 6.81. The second kappa shape index (κ2) is 8.20. The summed E-state index contributed by atoms with van der Waals surface area (Å²) in [6, 6.07) is 14.0. The van der Waals surface area contributed by atoms with E-state index in [1.54, 1.807) is 18.6 Å². The molecule has 8 heteroatoms. The number of benzene rings is 1. The molecule has 1 aliphatic heterocycles. The van der Waals surface area contributed by atoms with Gasteiger partial charge in [0, 0.05) is 25.1 Å². The van der Waals surface area contributed by atoms with Gasteiger partial charge in [0.2, 0.25) is 6.79 Å². The largest absolute Gasteiger partial charge is 0.454 e. The molecule has 1 aliphatic rings. The zero-order valence-corrected chi connectivity index (χ0v) is 16.1. The minimum Gasteiger partial charge on any atom is -0.454 e. The summed E-state index contributed by atoms with van der Waals surface area (Å²) in [6.45, 7) is 0.786. The number of aromatic nitrogens is 4. The first-order valence-corrected chi connectivity index (χ1v) is 9.64. The molecule has 4 heterocycles. The van der Waals surface area contributed by atoms with Gasteiger partial charge in [-0.15, -0.1) is 5.10 Å². The van der Waals surface area contributed by atoms with Crippen LogP contribution in [-0.2, 0) is 19.4 Å². The van der Waals surface area contributed by atoms with Crippen molar-refractivity contribution in [2.75, 3.05) is 12.1 Å². The number of hydrogen-bond donors (Lipinski definition) is 1. The molecule has 0 unspecified atom stereocenters. The lowest BCUT2D eigenvalue weighted by molar-refractivity contribution is 0.174. The highest BCUT2D eigenvalue weighted by Gasteiger charge is 2.15. The van der Waals surface area contributed by atoms with E-state index < -0.39 is 0 Å². The highest BCUT2D eigenvalue weighted by molar-refractivity contribution is 5.56. The summed E-state index contributed by atoms with van der Waals surface area (Å²) in [5.41, 5.74) is 3.99. The van der Waals surface area contributed by atoms with Gasteiger partial charge in [0.25, 0.3) is 5.89 Å². The standard InChI is InChI=1S/C22H19N5O3/c1-2-17(18(24-9-1)5-3-15-7-10-23-11-8-15)21-26-27-22(30-21)25-13-16-4-6-19-20(12-16)29-14-28-19/h1-2,4,6-12H,3,5,13-14H2,(H,25,27). The van der Waals surface area contributed by atoms with E-state index >= 15 is 0 Å². The van der Waals surface area contributed by atoms with Gasteiger partial charge in [-0.25, -0.2) is 0 Å². The summed E-state index contributed by atoms with van der Waals surface area (Å²) in [6.07, 6.45) is 6.99. The predicted molar refractivity (Wildman–Crippen MR) is 109 cm³/mol. The Hall–Kier alpha value is -3.94. The molecule has 0 aliphatic carbocycles. The number of aryl methyl sites for hydroxylation is 2. The summed E-state index contributed by atoms with van der Waals surface area (Å²) in [5.74, 6) is 1.95. The smallest absolute Gasteiger partial charge is 0.316 e. The number of nitrogens with zero attached hydrogens (tertiary/aromatic N) is 4. The van der Waals surface area contributed by atoms with Crippen molar-refractivity contribution in [3.63, 3.8) is 0 Å². The van der Waals surface area contributed by atoms with Gasteiger partial charge in [0.1, 0.15) is 0 Å². The van der Waals surface area contributed by atoms with Gasteiger partial charge in [-0.05, 0) is 60.4 Å². The van der Waals surface area contributed by atoms with E-state index in [0.29, 0.717) is 18.5 Å². The average molecular weight is 401 g/mol. The van der Waals surface area contributed by atoms with Gasteiger partial charge in [0.15, 0.2) is 11.5 Å². The molecule has 0 bridgehead atoms. The van der Waals surface area contributed by atoms with Gasteiger partial charge in [-0.2, -0.15) is 0 Å². The lowest BCUT2D eigenvalue weighted by atomic mass is 10.1. The number of nitrogens with one attached hydrogen (secondary N) is 1. The monoisotopic (exact) mass is 401 g/mol. The van der Waals surface area contributed by atoms with Crippen LogP contribution in [0.3, 0.4) is 0 Å². The molecule has 30 heavy (non-hydrogen) atoms. The topological polar surface area (TPSA) is 95.2 Å². The fraction of sp³-hybridized carbons (Fsp3) is 0.182. The van der Waals surface area contributed by atoms with Crippen LogP contribution in [0.4, 0.5) is 6.01 Å². The summed E-state index contributed by atoms with van der Waals surface area (Å²) in [5, 5.41) is 11.5. The highest BCUT2D eigenvalue weighted by atomic mass is 16.7. The van der Waals surface area contributed by atoms with Crippen molar-refractivity contribution in [3.05, 3.63) is 77.9 Å². The van der Waals surface area contributed by atoms with Crippen LogP contribution < -0.4 is 14.8 Å². The molecule has 1 N–H and O–H groups in total. The molecule has 0 radical (unpaired) electrons. The van der Waals surface area contributed by atoms with E-state index in [-0.39, 0.29) is 6.79 Å². The Labute approximate surface area is 172 Å². The Morgan fingerprint density at radius 3 is 2.70 bits per heavy atom. The molecule has 3 aromatic heterocycles. The molecule has 0 amide bonds. The summed E-state index contributed by atoms with van der Waals surface area (Å²) >= 11 is 0. The highest BCUT2D eigenvalue weighted by Crippen LogP contribution is 2.32. The summed E-state index contributed by atoms with van der Waals surface area (Å²) in [4.78, 5) is 8.57. The number of hydrogen-bond acceptors (Lipinski definition) is 8. The maximum absolute atomic E-state index is 5.84. The molecule has 0 atom stereocenters. The van der Waals surface area contributed by atoms with E-state index in [1.807, 2.05) is 42.5 Å². The lowest BCUT2D eigenvalue weighted by Gasteiger charge is -2.05. The number of pyridine rings is 2. The molecule has 0 spiro atoms. The van der Waals surface area contributed by atoms with Gasteiger partial charge in [0.05, 0.1) is 11.3 Å². The molecular weight excluding hydrogens is 382 g/mol. The van der Waals surface area contributed by atoms with Crippen LogP contribution in [0.15, 0.2) is 65.5 Å². The van der Waals surface area contributed by atoms with Gasteiger partial charge >= 0.3 is 6.01 Å². The van der Waals surface area contributed by atoms with Crippen molar-refractivity contribution in [1.82, 2.24) is 20.2 Å². The van der Waals surface area contributed by atoms with Crippen molar-refractivity contribution < 1.29 is 13.9 Å². The van der Waals surface area contributed by atoms with E-state index in [4.69, 9.17) is 13.9 Å². The number of rotatable bonds is 7. The first kappa shape index (κ1) is 18.1. The Bertz CT molecular complexity index is 1150. The van der Waals surface area contributed by atoms with Crippen molar-refractivity contribution in [1.29, 1.82) is 0 Å².